The molecule has 0 spiro atoms. The van der Waals surface area contributed by atoms with E-state index in [9.17, 15) is 18.0 Å². The number of carbonyl (C=O) groups is 1. The number of rotatable bonds is 6. The molecule has 0 aliphatic carbocycles. The van der Waals surface area contributed by atoms with Crippen LogP contribution in [-0.4, -0.2) is 18.5 Å². The van der Waals surface area contributed by atoms with Gasteiger partial charge >= 0.3 is 6.18 Å². The normalized spacial score (nSPS) is 13.8. The molecule has 0 amide bonds. The minimum absolute atomic E-state index is 0.162. The maximum Gasteiger partial charge on any atom is 0.454 e. The molecule has 2 heterocycles. The third kappa shape index (κ3) is 4.97. The molecular weight excluding hydrogens is 503 g/mol. The first kappa shape index (κ1) is 22.4. The van der Waals surface area contributed by atoms with Gasteiger partial charge in [-0.2, -0.15) is 13.2 Å². The largest absolute Gasteiger partial charge is 0.488 e. The zero-order valence-electron chi connectivity index (χ0n) is 16.6. The average molecular weight is 520 g/mol. The topological polar surface area (TPSA) is 38.3 Å². The molecular formula is C24H17BrF3NO2S. The van der Waals surface area contributed by atoms with Gasteiger partial charge in [0.2, 0.25) is 0 Å². The molecule has 0 bridgehead atoms. The number of allylic oxidation sites excluding steroid dienone is 2. The molecule has 0 saturated carbocycles. The Bertz CT molecular complexity index is 1200. The molecule has 4 rings (SSSR count). The summed E-state index contributed by atoms with van der Waals surface area (Å²) in [7, 11) is 0. The number of carbonyl (C=O) groups excluding carboxylic acids is 1. The highest BCUT2D eigenvalue weighted by Crippen LogP contribution is 2.41. The fourth-order valence-electron chi connectivity index (χ4n) is 3.33. The zero-order chi connectivity index (χ0) is 22.7. The number of hydrogen-bond donors (Lipinski definition) is 1. The Kier molecular flexibility index (Phi) is 6.53. The number of alkyl halides is 3. The quantitative estimate of drug-likeness (QED) is 0.391. The lowest BCUT2D eigenvalue weighted by Gasteiger charge is -2.17. The van der Waals surface area contributed by atoms with Gasteiger partial charge in [-0.05, 0) is 41.3 Å². The van der Waals surface area contributed by atoms with Gasteiger partial charge in [-0.25, -0.2) is 0 Å². The van der Waals surface area contributed by atoms with E-state index in [1.54, 1.807) is 6.20 Å². The van der Waals surface area contributed by atoms with Crippen LogP contribution in [0.2, 0.25) is 0 Å². The molecule has 1 aliphatic heterocycles. The molecule has 0 radical (unpaired) electrons. The summed E-state index contributed by atoms with van der Waals surface area (Å²) in [5.41, 5.74) is 2.83. The average Bonchev–Trinajstić information content (AvgIpc) is 3.28. The number of dihydropyridines is 1. The Hall–Kier alpha value is -2.84. The zero-order valence-corrected chi connectivity index (χ0v) is 19.0. The van der Waals surface area contributed by atoms with E-state index in [0.717, 1.165) is 26.0 Å². The molecule has 8 heteroatoms. The van der Waals surface area contributed by atoms with E-state index in [4.69, 9.17) is 4.74 Å². The van der Waals surface area contributed by atoms with Crippen molar-refractivity contribution >= 4 is 38.6 Å². The van der Waals surface area contributed by atoms with Crippen molar-refractivity contribution in [3.8, 4) is 16.9 Å². The van der Waals surface area contributed by atoms with Crippen LogP contribution in [0.3, 0.4) is 0 Å². The van der Waals surface area contributed by atoms with Crippen LogP contribution in [0, 0.1) is 0 Å². The lowest BCUT2D eigenvalue weighted by molar-refractivity contribution is -0.166. The van der Waals surface area contributed by atoms with Crippen LogP contribution >= 0.6 is 27.3 Å². The van der Waals surface area contributed by atoms with E-state index in [0.29, 0.717) is 17.9 Å². The summed E-state index contributed by atoms with van der Waals surface area (Å²) in [6.07, 6.45) is -1.97. The van der Waals surface area contributed by atoms with Crippen LogP contribution in [0.25, 0.3) is 16.7 Å². The van der Waals surface area contributed by atoms with Crippen molar-refractivity contribution in [3.05, 3.63) is 92.7 Å². The predicted octanol–water partition coefficient (Wildman–Crippen LogP) is 6.76. The molecule has 3 aromatic rings. The molecule has 0 saturated heterocycles. The van der Waals surface area contributed by atoms with Gasteiger partial charge in [0.1, 0.15) is 12.4 Å². The third-order valence-electron chi connectivity index (χ3n) is 4.83. The van der Waals surface area contributed by atoms with E-state index in [2.05, 4.69) is 21.2 Å². The van der Waals surface area contributed by atoms with Crippen molar-refractivity contribution < 1.29 is 22.7 Å². The summed E-state index contributed by atoms with van der Waals surface area (Å²) < 4.78 is 45.7. The molecule has 1 aromatic heterocycles. The van der Waals surface area contributed by atoms with Crippen molar-refractivity contribution in [1.82, 2.24) is 5.32 Å². The second-order valence-corrected chi connectivity index (χ2v) is 8.89. The highest BCUT2D eigenvalue weighted by Gasteiger charge is 2.40. The number of halogens is 4. The van der Waals surface area contributed by atoms with Crippen molar-refractivity contribution in [2.24, 2.45) is 0 Å². The van der Waals surface area contributed by atoms with Gasteiger partial charge in [-0.1, -0.05) is 46.3 Å². The second kappa shape index (κ2) is 9.34. The maximum atomic E-state index is 12.9. The molecule has 32 heavy (non-hydrogen) atoms. The Morgan fingerprint density at radius 1 is 1.09 bits per heavy atom. The highest BCUT2D eigenvalue weighted by atomic mass is 79.9. The maximum absolute atomic E-state index is 12.9. The molecule has 0 atom stereocenters. The van der Waals surface area contributed by atoms with Gasteiger partial charge in [0.25, 0.3) is 5.78 Å². The van der Waals surface area contributed by atoms with Crippen LogP contribution < -0.4 is 10.1 Å². The fourth-order valence-corrected chi connectivity index (χ4v) is 4.59. The Morgan fingerprint density at radius 2 is 1.88 bits per heavy atom. The first-order chi connectivity index (χ1) is 15.3. The van der Waals surface area contributed by atoms with E-state index in [-0.39, 0.29) is 12.1 Å². The van der Waals surface area contributed by atoms with Crippen molar-refractivity contribution in [1.29, 1.82) is 0 Å². The second-order valence-electron chi connectivity index (χ2n) is 7.06. The van der Waals surface area contributed by atoms with Gasteiger partial charge < -0.3 is 10.1 Å². The van der Waals surface area contributed by atoms with Gasteiger partial charge in [0.05, 0.1) is 0 Å². The third-order valence-corrected chi connectivity index (χ3v) is 6.28. The summed E-state index contributed by atoms with van der Waals surface area (Å²) in [6, 6.07) is 17.3. The smallest absolute Gasteiger partial charge is 0.454 e. The standard InChI is InChI=1S/C24H17BrF3NO2S/c25-18-6-7-21(31-14-15-4-2-1-3-5-15)20(11-18)19-8-9-32-22(19)16-10-17(13-29-12-16)23(30)24(26,27)28/h1-12,29H,13-14H2. The highest BCUT2D eigenvalue weighted by molar-refractivity contribution is 9.10. The summed E-state index contributed by atoms with van der Waals surface area (Å²) in [5, 5.41) is 4.65. The van der Waals surface area contributed by atoms with Crippen LogP contribution in [-0.2, 0) is 11.4 Å². The fraction of sp³-hybridized carbons (Fsp3) is 0.125. The molecule has 2 aromatic carbocycles. The Labute approximate surface area is 195 Å². The summed E-state index contributed by atoms with van der Waals surface area (Å²) in [4.78, 5) is 12.5. The lowest BCUT2D eigenvalue weighted by atomic mass is 9.98. The first-order valence-corrected chi connectivity index (χ1v) is 11.3. The summed E-state index contributed by atoms with van der Waals surface area (Å²) >= 11 is 4.87. The Morgan fingerprint density at radius 3 is 2.62 bits per heavy atom. The minimum Gasteiger partial charge on any atom is -0.488 e. The van der Waals surface area contributed by atoms with E-state index in [1.807, 2.05) is 60.0 Å². The SMILES string of the molecule is O=C(C1=CC(c2sccc2-c2cc(Br)ccc2OCc2ccccc2)=CNC1)C(F)(F)F. The van der Waals surface area contributed by atoms with E-state index < -0.39 is 12.0 Å². The van der Waals surface area contributed by atoms with Gasteiger partial charge in [-0.15, -0.1) is 11.3 Å². The number of hydrogen-bond acceptors (Lipinski definition) is 4. The molecule has 1 aliphatic rings. The lowest BCUT2D eigenvalue weighted by Crippen LogP contribution is -2.30. The van der Waals surface area contributed by atoms with Crippen LogP contribution in [0.5, 0.6) is 5.75 Å². The monoisotopic (exact) mass is 519 g/mol. The Balaban J connectivity index is 1.68. The van der Waals surface area contributed by atoms with Crippen molar-refractivity contribution in [2.45, 2.75) is 12.8 Å². The van der Waals surface area contributed by atoms with E-state index in [1.165, 1.54) is 17.4 Å². The molecule has 3 nitrogen and oxygen atoms in total. The van der Waals surface area contributed by atoms with Crippen LogP contribution in [0.1, 0.15) is 10.4 Å². The van der Waals surface area contributed by atoms with Crippen LogP contribution in [0.4, 0.5) is 13.2 Å². The number of Topliss-reactive ketones (excluding diaryl/α,β-unsaturated/α-hetero) is 1. The van der Waals surface area contributed by atoms with E-state index >= 15 is 0 Å². The van der Waals surface area contributed by atoms with Gasteiger partial charge in [-0.3, -0.25) is 4.79 Å². The summed E-state index contributed by atoms with van der Waals surface area (Å²) in [5.74, 6) is -1.18. The number of benzene rings is 2. The van der Waals surface area contributed by atoms with Gasteiger partial charge in [0, 0.05) is 44.4 Å². The number of ether oxygens (including phenoxy) is 1. The van der Waals surface area contributed by atoms with Crippen molar-refractivity contribution in [3.63, 3.8) is 0 Å². The number of ketones is 1. The molecule has 1 N–H and O–H groups in total. The van der Waals surface area contributed by atoms with Crippen molar-refractivity contribution in [2.75, 3.05) is 6.54 Å². The van der Waals surface area contributed by atoms with Gasteiger partial charge in [0.15, 0.2) is 0 Å². The summed E-state index contributed by atoms with van der Waals surface area (Å²) in [6.45, 7) is 0.216. The molecule has 164 valence electrons. The van der Waals surface area contributed by atoms with Crippen LogP contribution in [0.15, 0.2) is 82.3 Å². The minimum atomic E-state index is -4.91. The first-order valence-electron chi connectivity index (χ1n) is 9.63. The number of thiophene rings is 1. The predicted molar refractivity (Wildman–Crippen MR) is 123 cm³/mol. The molecule has 0 fully saturated rings. The molecule has 0 unspecified atom stereocenters. The number of nitrogens with one attached hydrogen (secondary N) is 1.